The van der Waals surface area contributed by atoms with E-state index < -0.39 is 0 Å². The maximum absolute atomic E-state index is 12.5. The molecule has 1 nitrogen and oxygen atoms in total. The molecule has 0 aliphatic heterocycles. The fraction of sp³-hybridized carbons (Fsp3) is 0.438. The SMILES string of the molecule is CC/C=C(\C(=O)c1ccccc1)C1CCCC1. The summed E-state index contributed by atoms with van der Waals surface area (Å²) < 4.78 is 0. The van der Waals surface area contributed by atoms with Crippen LogP contribution >= 0.6 is 0 Å². The molecule has 0 bridgehead atoms. The number of carbonyl (C=O) groups excluding carboxylic acids is 1. The van der Waals surface area contributed by atoms with Gasteiger partial charge in [0.15, 0.2) is 5.78 Å². The van der Waals surface area contributed by atoms with Gasteiger partial charge in [0.1, 0.15) is 0 Å². The Bertz CT molecular complexity index is 397. The van der Waals surface area contributed by atoms with Crippen molar-refractivity contribution in [2.24, 2.45) is 5.92 Å². The fourth-order valence-corrected chi connectivity index (χ4v) is 2.66. The molecule has 0 saturated heterocycles. The molecule has 90 valence electrons. The molecule has 1 aliphatic carbocycles. The van der Waals surface area contributed by atoms with Gasteiger partial charge in [-0.25, -0.2) is 0 Å². The van der Waals surface area contributed by atoms with Gasteiger partial charge >= 0.3 is 0 Å². The maximum Gasteiger partial charge on any atom is 0.188 e. The van der Waals surface area contributed by atoms with Gasteiger partial charge in [0.05, 0.1) is 0 Å². The minimum absolute atomic E-state index is 0.236. The van der Waals surface area contributed by atoms with Crippen LogP contribution in [0.2, 0.25) is 0 Å². The second kappa shape index (κ2) is 5.81. The van der Waals surface area contributed by atoms with Gasteiger partial charge in [0, 0.05) is 5.56 Å². The van der Waals surface area contributed by atoms with E-state index in [0.29, 0.717) is 5.92 Å². The maximum atomic E-state index is 12.5. The van der Waals surface area contributed by atoms with Gasteiger partial charge in [-0.15, -0.1) is 0 Å². The van der Waals surface area contributed by atoms with Crippen LogP contribution in [0.25, 0.3) is 0 Å². The first kappa shape index (κ1) is 12.1. The predicted molar refractivity (Wildman–Crippen MR) is 71.1 cm³/mol. The molecular weight excluding hydrogens is 208 g/mol. The third kappa shape index (κ3) is 2.85. The van der Waals surface area contributed by atoms with Crippen LogP contribution in [0.3, 0.4) is 0 Å². The Morgan fingerprint density at radius 1 is 1.24 bits per heavy atom. The number of hydrogen-bond acceptors (Lipinski definition) is 1. The first-order valence-electron chi connectivity index (χ1n) is 6.62. The third-order valence-corrected chi connectivity index (χ3v) is 3.52. The molecule has 2 rings (SSSR count). The molecule has 1 fully saturated rings. The Labute approximate surface area is 104 Å². The number of rotatable bonds is 4. The Hall–Kier alpha value is -1.37. The minimum Gasteiger partial charge on any atom is -0.289 e. The summed E-state index contributed by atoms with van der Waals surface area (Å²) >= 11 is 0. The average molecular weight is 228 g/mol. The molecule has 0 heterocycles. The largest absolute Gasteiger partial charge is 0.289 e. The standard InChI is InChI=1S/C16H20O/c1-2-8-15(13-9-6-7-10-13)16(17)14-11-4-3-5-12-14/h3-5,8,11-13H,2,6-7,9-10H2,1H3/b15-8-. The lowest BCUT2D eigenvalue weighted by Crippen LogP contribution is -2.11. The van der Waals surface area contributed by atoms with Crippen LogP contribution < -0.4 is 0 Å². The number of allylic oxidation sites excluding steroid dienone is 2. The third-order valence-electron chi connectivity index (χ3n) is 3.52. The first-order valence-corrected chi connectivity index (χ1v) is 6.62. The van der Waals surface area contributed by atoms with Crippen molar-refractivity contribution in [3.8, 4) is 0 Å². The number of benzene rings is 1. The van der Waals surface area contributed by atoms with Gasteiger partial charge in [-0.1, -0.05) is 56.2 Å². The zero-order chi connectivity index (χ0) is 12.1. The van der Waals surface area contributed by atoms with Gasteiger partial charge in [0.2, 0.25) is 0 Å². The number of carbonyl (C=O) groups is 1. The monoisotopic (exact) mass is 228 g/mol. The molecule has 1 aromatic rings. The highest BCUT2D eigenvalue weighted by atomic mass is 16.1. The summed E-state index contributed by atoms with van der Waals surface area (Å²) in [5.41, 5.74) is 1.88. The van der Waals surface area contributed by atoms with Crippen molar-refractivity contribution in [2.45, 2.75) is 39.0 Å². The molecular formula is C16H20O. The van der Waals surface area contributed by atoms with E-state index in [-0.39, 0.29) is 5.78 Å². The fourth-order valence-electron chi connectivity index (χ4n) is 2.66. The lowest BCUT2D eigenvalue weighted by molar-refractivity contribution is 0.102. The van der Waals surface area contributed by atoms with E-state index in [9.17, 15) is 4.79 Å². The van der Waals surface area contributed by atoms with Crippen LogP contribution in [0.5, 0.6) is 0 Å². The quantitative estimate of drug-likeness (QED) is 0.551. The molecule has 1 heteroatoms. The van der Waals surface area contributed by atoms with Gasteiger partial charge in [-0.3, -0.25) is 4.79 Å². The van der Waals surface area contributed by atoms with Gasteiger partial charge in [0.25, 0.3) is 0 Å². The highest BCUT2D eigenvalue weighted by Crippen LogP contribution is 2.33. The van der Waals surface area contributed by atoms with E-state index >= 15 is 0 Å². The molecule has 0 atom stereocenters. The second-order valence-corrected chi connectivity index (χ2v) is 4.74. The van der Waals surface area contributed by atoms with E-state index in [4.69, 9.17) is 0 Å². The van der Waals surface area contributed by atoms with E-state index in [0.717, 1.165) is 17.6 Å². The molecule has 0 amide bonds. The van der Waals surface area contributed by atoms with Crippen molar-refractivity contribution in [1.82, 2.24) is 0 Å². The van der Waals surface area contributed by atoms with Crippen LogP contribution in [-0.2, 0) is 0 Å². The lowest BCUT2D eigenvalue weighted by Gasteiger charge is -2.13. The molecule has 1 aromatic carbocycles. The Kier molecular flexibility index (Phi) is 4.13. The van der Waals surface area contributed by atoms with Gasteiger partial charge in [-0.05, 0) is 30.8 Å². The van der Waals surface area contributed by atoms with Gasteiger partial charge in [-0.2, -0.15) is 0 Å². The molecule has 0 unspecified atom stereocenters. The van der Waals surface area contributed by atoms with E-state index in [1.807, 2.05) is 30.3 Å². The zero-order valence-electron chi connectivity index (χ0n) is 10.5. The zero-order valence-corrected chi connectivity index (χ0v) is 10.5. The summed E-state index contributed by atoms with van der Waals surface area (Å²) in [5.74, 6) is 0.738. The summed E-state index contributed by atoms with van der Waals surface area (Å²) in [4.78, 5) is 12.5. The highest BCUT2D eigenvalue weighted by molar-refractivity contribution is 6.09. The Morgan fingerprint density at radius 2 is 1.88 bits per heavy atom. The van der Waals surface area contributed by atoms with E-state index in [2.05, 4.69) is 13.0 Å². The van der Waals surface area contributed by atoms with Crippen molar-refractivity contribution in [3.63, 3.8) is 0 Å². The lowest BCUT2D eigenvalue weighted by atomic mass is 9.90. The van der Waals surface area contributed by atoms with Crippen molar-refractivity contribution in [2.75, 3.05) is 0 Å². The average Bonchev–Trinajstić information content (AvgIpc) is 2.90. The smallest absolute Gasteiger partial charge is 0.188 e. The first-order chi connectivity index (χ1) is 8.33. The second-order valence-electron chi connectivity index (χ2n) is 4.74. The Morgan fingerprint density at radius 3 is 2.47 bits per heavy atom. The van der Waals surface area contributed by atoms with E-state index in [1.54, 1.807) is 0 Å². The summed E-state index contributed by atoms with van der Waals surface area (Å²) in [6.45, 7) is 2.10. The van der Waals surface area contributed by atoms with Crippen molar-refractivity contribution in [3.05, 3.63) is 47.5 Å². The minimum atomic E-state index is 0.236. The van der Waals surface area contributed by atoms with Crippen molar-refractivity contribution < 1.29 is 4.79 Å². The molecule has 1 aliphatic rings. The molecule has 0 N–H and O–H groups in total. The topological polar surface area (TPSA) is 17.1 Å². The van der Waals surface area contributed by atoms with Crippen LogP contribution in [0, 0.1) is 5.92 Å². The molecule has 0 aromatic heterocycles. The summed E-state index contributed by atoms with van der Waals surface area (Å²) in [5, 5.41) is 0. The summed E-state index contributed by atoms with van der Waals surface area (Å²) in [7, 11) is 0. The van der Waals surface area contributed by atoms with Crippen molar-refractivity contribution in [1.29, 1.82) is 0 Å². The van der Waals surface area contributed by atoms with Crippen LogP contribution in [-0.4, -0.2) is 5.78 Å². The molecule has 1 saturated carbocycles. The predicted octanol–water partition coefficient (Wildman–Crippen LogP) is 4.40. The summed E-state index contributed by atoms with van der Waals surface area (Å²) in [6.07, 6.45) is 7.99. The van der Waals surface area contributed by atoms with Crippen molar-refractivity contribution >= 4 is 5.78 Å². The van der Waals surface area contributed by atoms with Crippen LogP contribution in [0.15, 0.2) is 42.0 Å². The van der Waals surface area contributed by atoms with Crippen LogP contribution in [0.1, 0.15) is 49.4 Å². The van der Waals surface area contributed by atoms with E-state index in [1.165, 1.54) is 25.7 Å². The Balaban J connectivity index is 2.22. The highest BCUT2D eigenvalue weighted by Gasteiger charge is 2.24. The molecule has 17 heavy (non-hydrogen) atoms. The van der Waals surface area contributed by atoms with Gasteiger partial charge < -0.3 is 0 Å². The van der Waals surface area contributed by atoms with Crippen LogP contribution in [0.4, 0.5) is 0 Å². The summed E-state index contributed by atoms with van der Waals surface area (Å²) in [6, 6.07) is 9.66. The normalized spacial score (nSPS) is 17.4. The molecule has 0 radical (unpaired) electrons. The molecule has 0 spiro atoms. The number of ketones is 1. The number of hydrogen-bond donors (Lipinski definition) is 0. The number of Topliss-reactive ketones (excluding diaryl/α,β-unsaturated/α-hetero) is 1.